The second kappa shape index (κ2) is 9.51. The van der Waals surface area contributed by atoms with E-state index in [1.807, 2.05) is 0 Å². The highest BCUT2D eigenvalue weighted by molar-refractivity contribution is 6.00. The fourth-order valence-electron chi connectivity index (χ4n) is 3.52. The molecule has 2 aromatic rings. The normalized spacial score (nSPS) is 14.8. The lowest BCUT2D eigenvalue weighted by atomic mass is 9.88. The molecule has 3 rings (SSSR count). The van der Waals surface area contributed by atoms with Crippen molar-refractivity contribution in [3.63, 3.8) is 0 Å². The number of ether oxygens (including phenoxy) is 1. The minimum Gasteiger partial charge on any atom is -0.484 e. The van der Waals surface area contributed by atoms with E-state index in [2.05, 4.69) is 4.74 Å². The number of nitro groups is 1. The number of nitrogens with zero attached hydrogens (tertiary/aromatic N) is 2. The smallest absolute Gasteiger partial charge is 0.422 e. The summed E-state index contributed by atoms with van der Waals surface area (Å²) in [6, 6.07) is 5.22. The van der Waals surface area contributed by atoms with Crippen molar-refractivity contribution in [2.24, 2.45) is 5.92 Å². The Labute approximate surface area is 183 Å². The molecule has 1 aliphatic rings. The SMILES string of the molecule is O=C(c1cc(F)ccc1F)C1CCN(C(=O)c2cc(OCC(F)(F)F)ccc2[N+](=O)[O-])CC1. The second-order valence-electron chi connectivity index (χ2n) is 7.39. The molecule has 0 saturated carbocycles. The predicted octanol–water partition coefficient (Wildman–Crippen LogP) is 4.55. The molecule has 33 heavy (non-hydrogen) atoms. The summed E-state index contributed by atoms with van der Waals surface area (Å²) >= 11 is 0. The molecule has 1 aliphatic heterocycles. The molecule has 0 aliphatic carbocycles. The largest absolute Gasteiger partial charge is 0.484 e. The van der Waals surface area contributed by atoms with Crippen LogP contribution in [-0.4, -0.2) is 47.4 Å². The highest BCUT2D eigenvalue weighted by atomic mass is 19.4. The molecule has 1 heterocycles. The van der Waals surface area contributed by atoms with Gasteiger partial charge in [0.15, 0.2) is 12.4 Å². The number of halogens is 5. The molecule has 0 N–H and O–H groups in total. The van der Waals surface area contributed by atoms with E-state index in [9.17, 15) is 41.7 Å². The first kappa shape index (κ1) is 24.1. The minimum atomic E-state index is -4.64. The molecule has 1 amide bonds. The van der Waals surface area contributed by atoms with Crippen LogP contribution in [-0.2, 0) is 0 Å². The van der Waals surface area contributed by atoms with Crippen molar-refractivity contribution in [1.82, 2.24) is 4.90 Å². The Morgan fingerprint density at radius 2 is 1.73 bits per heavy atom. The van der Waals surface area contributed by atoms with Gasteiger partial charge in [-0.05, 0) is 43.2 Å². The molecule has 1 fully saturated rings. The first-order chi connectivity index (χ1) is 15.5. The lowest BCUT2D eigenvalue weighted by Crippen LogP contribution is -2.40. The summed E-state index contributed by atoms with van der Waals surface area (Å²) in [5.41, 5.74) is -1.47. The van der Waals surface area contributed by atoms with Crippen LogP contribution in [0, 0.1) is 27.7 Å². The quantitative estimate of drug-likeness (QED) is 0.266. The van der Waals surface area contributed by atoms with E-state index in [1.54, 1.807) is 0 Å². The lowest BCUT2D eigenvalue weighted by Gasteiger charge is -2.31. The Balaban J connectivity index is 1.73. The average molecular weight is 472 g/mol. The van der Waals surface area contributed by atoms with Crippen molar-refractivity contribution in [3.05, 3.63) is 69.3 Å². The van der Waals surface area contributed by atoms with Gasteiger partial charge in [0.05, 0.1) is 10.5 Å². The van der Waals surface area contributed by atoms with Crippen molar-refractivity contribution in [2.75, 3.05) is 19.7 Å². The van der Waals surface area contributed by atoms with Gasteiger partial charge in [0.2, 0.25) is 0 Å². The molecule has 0 atom stereocenters. The second-order valence-corrected chi connectivity index (χ2v) is 7.39. The van der Waals surface area contributed by atoms with Crippen LogP contribution in [0.2, 0.25) is 0 Å². The van der Waals surface area contributed by atoms with Crippen LogP contribution in [0.3, 0.4) is 0 Å². The molecule has 0 aromatic heterocycles. The minimum absolute atomic E-state index is 0.0169. The Bertz CT molecular complexity index is 1080. The molecular weight excluding hydrogens is 455 g/mol. The number of likely N-dealkylation sites (tertiary alicyclic amines) is 1. The summed E-state index contributed by atoms with van der Waals surface area (Å²) in [4.78, 5) is 37.1. The molecule has 2 aromatic carbocycles. The Hall–Kier alpha value is -3.57. The van der Waals surface area contributed by atoms with Crippen LogP contribution in [0.4, 0.5) is 27.6 Å². The fraction of sp³-hybridized carbons (Fsp3) is 0.333. The van der Waals surface area contributed by atoms with Crippen molar-refractivity contribution >= 4 is 17.4 Å². The van der Waals surface area contributed by atoms with Gasteiger partial charge in [-0.2, -0.15) is 13.2 Å². The van der Waals surface area contributed by atoms with Gasteiger partial charge >= 0.3 is 6.18 Å². The number of benzene rings is 2. The van der Waals surface area contributed by atoms with Crippen LogP contribution in [0.5, 0.6) is 5.75 Å². The van der Waals surface area contributed by atoms with E-state index in [4.69, 9.17) is 0 Å². The van der Waals surface area contributed by atoms with Crippen LogP contribution in [0.15, 0.2) is 36.4 Å². The van der Waals surface area contributed by atoms with Gasteiger partial charge < -0.3 is 9.64 Å². The summed E-state index contributed by atoms with van der Waals surface area (Å²) < 4.78 is 69.0. The third-order valence-electron chi connectivity index (χ3n) is 5.14. The molecular formula is C21H17F5N2O5. The first-order valence-electron chi connectivity index (χ1n) is 9.73. The number of alkyl halides is 3. The number of carbonyl (C=O) groups is 2. The topological polar surface area (TPSA) is 89.8 Å². The number of hydrogen-bond donors (Lipinski definition) is 0. The summed E-state index contributed by atoms with van der Waals surface area (Å²) in [6.07, 6.45) is -4.45. The predicted molar refractivity (Wildman–Crippen MR) is 104 cm³/mol. The molecule has 0 spiro atoms. The molecule has 0 bridgehead atoms. The maximum Gasteiger partial charge on any atom is 0.422 e. The molecule has 7 nitrogen and oxygen atoms in total. The maximum atomic E-state index is 13.9. The number of amides is 1. The molecule has 1 saturated heterocycles. The van der Waals surface area contributed by atoms with E-state index in [0.29, 0.717) is 0 Å². The van der Waals surface area contributed by atoms with Gasteiger partial charge in [0, 0.05) is 25.1 Å². The van der Waals surface area contributed by atoms with E-state index >= 15 is 0 Å². The fourth-order valence-corrected chi connectivity index (χ4v) is 3.52. The first-order valence-corrected chi connectivity index (χ1v) is 9.73. The van der Waals surface area contributed by atoms with Crippen molar-refractivity contribution in [3.8, 4) is 5.75 Å². The van der Waals surface area contributed by atoms with E-state index in [0.717, 1.165) is 36.4 Å². The molecule has 176 valence electrons. The summed E-state index contributed by atoms with van der Waals surface area (Å²) in [7, 11) is 0. The van der Waals surface area contributed by atoms with Crippen LogP contribution < -0.4 is 4.74 Å². The summed E-state index contributed by atoms with van der Waals surface area (Å²) in [5.74, 6) is -4.14. The number of ketones is 1. The van der Waals surface area contributed by atoms with Crippen LogP contribution in [0.1, 0.15) is 33.6 Å². The number of nitro benzene ring substituents is 1. The van der Waals surface area contributed by atoms with Gasteiger partial charge in [-0.15, -0.1) is 0 Å². The van der Waals surface area contributed by atoms with Crippen molar-refractivity contribution < 1.29 is 41.2 Å². The van der Waals surface area contributed by atoms with Crippen LogP contribution >= 0.6 is 0 Å². The zero-order valence-electron chi connectivity index (χ0n) is 16.9. The van der Waals surface area contributed by atoms with E-state index < -0.39 is 63.8 Å². The molecule has 0 radical (unpaired) electrons. The summed E-state index contributed by atoms with van der Waals surface area (Å²) in [5, 5.41) is 11.3. The van der Waals surface area contributed by atoms with Crippen molar-refractivity contribution in [2.45, 2.75) is 19.0 Å². The van der Waals surface area contributed by atoms with E-state index in [-0.39, 0.29) is 31.7 Å². The number of Topliss-reactive ketones (excluding diaryl/α,β-unsaturated/α-hetero) is 1. The van der Waals surface area contributed by atoms with Gasteiger partial charge in [0.25, 0.3) is 11.6 Å². The Morgan fingerprint density at radius 3 is 2.33 bits per heavy atom. The maximum absolute atomic E-state index is 13.9. The third-order valence-corrected chi connectivity index (χ3v) is 5.14. The summed E-state index contributed by atoms with van der Waals surface area (Å²) in [6.45, 7) is -1.67. The Kier molecular flexibility index (Phi) is 6.94. The average Bonchev–Trinajstić information content (AvgIpc) is 2.77. The number of rotatable bonds is 6. The highest BCUT2D eigenvalue weighted by Gasteiger charge is 2.33. The zero-order chi connectivity index (χ0) is 24.3. The third kappa shape index (κ3) is 5.82. The number of piperidine rings is 1. The molecule has 0 unspecified atom stereocenters. The van der Waals surface area contributed by atoms with Gasteiger partial charge in [0.1, 0.15) is 22.9 Å². The monoisotopic (exact) mass is 472 g/mol. The lowest BCUT2D eigenvalue weighted by molar-refractivity contribution is -0.385. The van der Waals surface area contributed by atoms with Gasteiger partial charge in [-0.3, -0.25) is 19.7 Å². The standard InChI is InChI=1S/C21H17F5N2O5/c22-13-1-3-17(23)15(9-13)19(29)12-5-7-27(8-6-12)20(30)16-10-14(33-11-21(24,25)26)2-4-18(16)28(31)32/h1-4,9-10,12H,5-8,11H2. The number of carbonyl (C=O) groups excluding carboxylic acids is 2. The Morgan fingerprint density at radius 1 is 1.06 bits per heavy atom. The van der Waals surface area contributed by atoms with Crippen molar-refractivity contribution in [1.29, 1.82) is 0 Å². The highest BCUT2D eigenvalue weighted by Crippen LogP contribution is 2.29. The molecule has 12 heteroatoms. The van der Waals surface area contributed by atoms with Crippen LogP contribution in [0.25, 0.3) is 0 Å². The van der Waals surface area contributed by atoms with Gasteiger partial charge in [-0.25, -0.2) is 8.78 Å². The van der Waals surface area contributed by atoms with E-state index in [1.165, 1.54) is 4.90 Å². The van der Waals surface area contributed by atoms with Gasteiger partial charge in [-0.1, -0.05) is 0 Å². The zero-order valence-corrected chi connectivity index (χ0v) is 16.9. The number of hydrogen-bond acceptors (Lipinski definition) is 5.